The zero-order valence-corrected chi connectivity index (χ0v) is 25.9. The average Bonchev–Trinajstić information content (AvgIpc) is 3.21. The Morgan fingerprint density at radius 2 is 1.55 bits per heavy atom. The van der Waals surface area contributed by atoms with Crippen LogP contribution in [-0.2, 0) is 14.3 Å². The second kappa shape index (κ2) is 10.8. The molecule has 0 N–H and O–H groups in total. The van der Waals surface area contributed by atoms with Crippen molar-refractivity contribution in [1.82, 2.24) is 0 Å². The second-order valence-electron chi connectivity index (χ2n) is 14.9. The summed E-state index contributed by atoms with van der Waals surface area (Å²) in [6, 6.07) is 7.07. The molecule has 4 saturated carbocycles. The van der Waals surface area contributed by atoms with Gasteiger partial charge in [0, 0.05) is 0 Å². The summed E-state index contributed by atoms with van der Waals surface area (Å²) in [6.45, 7) is 14.5. The van der Waals surface area contributed by atoms with E-state index in [0.717, 1.165) is 60.3 Å². The second-order valence-corrected chi connectivity index (χ2v) is 16.5. The van der Waals surface area contributed by atoms with E-state index in [9.17, 15) is 8.42 Å². The maximum absolute atomic E-state index is 13.0. The van der Waals surface area contributed by atoms with Gasteiger partial charge in [0.25, 0.3) is 10.1 Å². The number of fused-ring (bicyclic) bond motifs is 5. The molecule has 0 amide bonds. The Morgan fingerprint density at radius 3 is 2.26 bits per heavy atom. The maximum Gasteiger partial charge on any atom is 0.297 e. The van der Waals surface area contributed by atoms with Gasteiger partial charge in [-0.2, -0.15) is 8.42 Å². The number of rotatable bonds is 8. The third-order valence-corrected chi connectivity index (χ3v) is 13.8. The fourth-order valence-corrected chi connectivity index (χ4v) is 11.4. The molecule has 0 aliphatic heterocycles. The van der Waals surface area contributed by atoms with E-state index < -0.39 is 10.1 Å². The van der Waals surface area contributed by atoms with Crippen LogP contribution in [0.4, 0.5) is 0 Å². The van der Waals surface area contributed by atoms with Gasteiger partial charge >= 0.3 is 0 Å². The van der Waals surface area contributed by atoms with E-state index in [0.29, 0.717) is 21.6 Å². The molecule has 0 saturated heterocycles. The van der Waals surface area contributed by atoms with Gasteiger partial charge < -0.3 is 0 Å². The van der Waals surface area contributed by atoms with Gasteiger partial charge in [-0.3, -0.25) is 4.18 Å². The molecular weight excluding hydrogens is 488 g/mol. The quantitative estimate of drug-likeness (QED) is 0.308. The van der Waals surface area contributed by atoms with E-state index in [4.69, 9.17) is 4.18 Å². The summed E-state index contributed by atoms with van der Waals surface area (Å²) in [4.78, 5) is 0.293. The predicted octanol–water partition coefficient (Wildman–Crippen LogP) is 9.19. The fourth-order valence-electron chi connectivity index (χ4n) is 10.3. The first kappa shape index (κ1) is 28.7. The van der Waals surface area contributed by atoms with Crippen molar-refractivity contribution >= 4 is 10.1 Å². The highest BCUT2D eigenvalue weighted by molar-refractivity contribution is 7.86. The minimum atomic E-state index is -3.70. The molecule has 214 valence electrons. The molecule has 4 aliphatic rings. The Hall–Kier alpha value is -0.870. The summed E-state index contributed by atoms with van der Waals surface area (Å²) in [5, 5.41) is 0. The number of hydrogen-bond donors (Lipinski definition) is 0. The first-order valence-electron chi connectivity index (χ1n) is 15.9. The molecule has 0 aromatic heterocycles. The molecule has 9 atom stereocenters. The van der Waals surface area contributed by atoms with Crippen LogP contribution in [0.5, 0.6) is 0 Å². The topological polar surface area (TPSA) is 43.4 Å². The SMILES string of the molecule is Cc1ccc(S(=O)(=O)O[C@H]2CC[C@@]3(C)[C@@H](CC[C@@H]4[C@@H]3CC[C@]3(C)C([C@H](C)CCCC(C)C)CC[C@@H]43)C2)cc1. The van der Waals surface area contributed by atoms with Gasteiger partial charge in [0.15, 0.2) is 0 Å². The van der Waals surface area contributed by atoms with Crippen molar-refractivity contribution in [3.8, 4) is 0 Å². The third kappa shape index (κ3) is 5.27. The van der Waals surface area contributed by atoms with Crippen molar-refractivity contribution in [2.75, 3.05) is 0 Å². The maximum atomic E-state index is 13.0. The minimum absolute atomic E-state index is 0.174. The standard InChI is InChI=1S/C34H54O3S/c1-23(2)8-7-9-25(4)30-16-17-31-29-15-12-26-22-27(37-38(35,36)28-13-10-24(3)11-14-28)18-20-33(26,5)32(29)19-21-34(30,31)6/h10-11,13-14,23,25-27,29-32H,7-9,12,15-22H2,1-6H3/t25-,26+,27+,29+,30?,31+,32+,33+,34-/m1/s1. The van der Waals surface area contributed by atoms with Crippen LogP contribution in [0, 0.1) is 59.2 Å². The van der Waals surface area contributed by atoms with Crippen molar-refractivity contribution in [3.63, 3.8) is 0 Å². The van der Waals surface area contributed by atoms with Gasteiger partial charge in [0.1, 0.15) is 0 Å². The van der Waals surface area contributed by atoms with Gasteiger partial charge in [0.2, 0.25) is 0 Å². The van der Waals surface area contributed by atoms with Crippen LogP contribution in [0.25, 0.3) is 0 Å². The largest absolute Gasteiger partial charge is 0.297 e. The van der Waals surface area contributed by atoms with Crippen molar-refractivity contribution in [3.05, 3.63) is 29.8 Å². The molecule has 1 aromatic carbocycles. The molecule has 38 heavy (non-hydrogen) atoms. The Morgan fingerprint density at radius 1 is 0.868 bits per heavy atom. The van der Waals surface area contributed by atoms with Crippen LogP contribution in [0.15, 0.2) is 29.2 Å². The van der Waals surface area contributed by atoms with Crippen LogP contribution in [-0.4, -0.2) is 14.5 Å². The first-order chi connectivity index (χ1) is 17.9. The van der Waals surface area contributed by atoms with Gasteiger partial charge in [0.05, 0.1) is 11.0 Å². The van der Waals surface area contributed by atoms with Gasteiger partial charge in [-0.25, -0.2) is 0 Å². The lowest BCUT2D eigenvalue weighted by Crippen LogP contribution is -2.54. The van der Waals surface area contributed by atoms with Crippen LogP contribution in [0.3, 0.4) is 0 Å². The zero-order valence-electron chi connectivity index (χ0n) is 25.0. The van der Waals surface area contributed by atoms with Crippen LogP contribution in [0.2, 0.25) is 0 Å². The van der Waals surface area contributed by atoms with E-state index in [1.165, 1.54) is 57.8 Å². The van der Waals surface area contributed by atoms with Gasteiger partial charge in [-0.1, -0.05) is 71.6 Å². The molecule has 0 spiro atoms. The highest BCUT2D eigenvalue weighted by atomic mass is 32.2. The van der Waals surface area contributed by atoms with Crippen molar-refractivity contribution in [2.45, 2.75) is 130 Å². The van der Waals surface area contributed by atoms with Crippen LogP contribution in [0.1, 0.15) is 117 Å². The van der Waals surface area contributed by atoms with E-state index in [2.05, 4.69) is 34.6 Å². The molecule has 0 radical (unpaired) electrons. The molecule has 1 unspecified atom stereocenters. The number of aryl methyl sites for hydroxylation is 1. The summed E-state index contributed by atoms with van der Waals surface area (Å²) < 4.78 is 31.9. The first-order valence-corrected chi connectivity index (χ1v) is 17.3. The lowest BCUT2D eigenvalue weighted by atomic mass is 9.44. The normalized spacial score (nSPS) is 39.9. The van der Waals surface area contributed by atoms with Crippen molar-refractivity contribution in [1.29, 1.82) is 0 Å². The summed E-state index contributed by atoms with van der Waals surface area (Å²) in [5.41, 5.74) is 1.94. The molecule has 0 heterocycles. The summed E-state index contributed by atoms with van der Waals surface area (Å²) in [6.07, 6.45) is 15.2. The average molecular weight is 543 g/mol. The lowest BCUT2D eigenvalue weighted by molar-refractivity contribution is -0.126. The predicted molar refractivity (Wildman–Crippen MR) is 156 cm³/mol. The fraction of sp³-hybridized carbons (Fsp3) is 0.824. The molecule has 0 bridgehead atoms. The van der Waals surface area contributed by atoms with Crippen LogP contribution < -0.4 is 0 Å². The van der Waals surface area contributed by atoms with Crippen molar-refractivity contribution < 1.29 is 12.6 Å². The molecule has 4 heteroatoms. The van der Waals surface area contributed by atoms with Gasteiger partial charge in [-0.05, 0) is 129 Å². The zero-order chi connectivity index (χ0) is 27.3. The van der Waals surface area contributed by atoms with E-state index in [-0.39, 0.29) is 6.10 Å². The third-order valence-electron chi connectivity index (χ3n) is 12.4. The monoisotopic (exact) mass is 542 g/mol. The molecule has 5 rings (SSSR count). The highest BCUT2D eigenvalue weighted by Gasteiger charge is 2.60. The Labute approximate surface area is 234 Å². The molecular formula is C34H54O3S. The summed E-state index contributed by atoms with van der Waals surface area (Å²) in [5.74, 6) is 5.75. The van der Waals surface area contributed by atoms with Crippen molar-refractivity contribution in [2.24, 2.45) is 52.3 Å². The summed E-state index contributed by atoms with van der Waals surface area (Å²) in [7, 11) is -3.70. The van der Waals surface area contributed by atoms with E-state index in [1.807, 2.05) is 19.1 Å². The Balaban J connectivity index is 1.24. The molecule has 4 aliphatic carbocycles. The smallest absolute Gasteiger partial charge is 0.263 e. The van der Waals surface area contributed by atoms with E-state index >= 15 is 0 Å². The highest BCUT2D eigenvalue weighted by Crippen LogP contribution is 2.68. The van der Waals surface area contributed by atoms with Crippen LogP contribution >= 0.6 is 0 Å². The Bertz CT molecular complexity index is 1060. The Kier molecular flexibility index (Phi) is 8.17. The minimum Gasteiger partial charge on any atom is -0.263 e. The molecule has 4 fully saturated rings. The number of hydrogen-bond acceptors (Lipinski definition) is 3. The van der Waals surface area contributed by atoms with E-state index in [1.54, 1.807) is 12.1 Å². The molecule has 3 nitrogen and oxygen atoms in total. The lowest BCUT2D eigenvalue weighted by Gasteiger charge is -2.61. The molecule has 1 aromatic rings. The van der Waals surface area contributed by atoms with Gasteiger partial charge in [-0.15, -0.1) is 0 Å². The number of benzene rings is 1. The summed E-state index contributed by atoms with van der Waals surface area (Å²) >= 11 is 0.